The Morgan fingerprint density at radius 3 is 2.69 bits per heavy atom. The molecule has 1 heterocycles. The molecule has 1 aromatic carbocycles. The van der Waals surface area contributed by atoms with Gasteiger partial charge >= 0.3 is 0 Å². The summed E-state index contributed by atoms with van der Waals surface area (Å²) in [6.45, 7) is 12.1. The molecule has 4 N–H and O–H groups in total. The number of hydrogen-bond acceptors (Lipinski definition) is 6. The normalized spacial score (nSPS) is 18.1. The van der Waals surface area contributed by atoms with Gasteiger partial charge in [0, 0.05) is 31.5 Å². The van der Waals surface area contributed by atoms with Crippen molar-refractivity contribution in [2.75, 3.05) is 31.2 Å². The number of aliphatic hydroxyl groups is 1. The number of benzene rings is 1. The number of unbranched alkanes of at least 4 members (excludes halogenated alkanes) is 1. The van der Waals surface area contributed by atoms with Gasteiger partial charge in [0.15, 0.2) is 0 Å². The third-order valence-electron chi connectivity index (χ3n) is 6.57. The van der Waals surface area contributed by atoms with E-state index in [0.717, 1.165) is 24.9 Å². The standard InChI is InChI=1S/C28H47N3O5/c1-6-8-13-30-27(34)20(3)15-24(32)22(29)16-28(4,5)17-26(33)31-18-21(19-35-14-7-2)36-25-12-10-9-11-23(25)31/h9-12,20-22,24,32H,6-8,13-19,29H2,1-5H3,(H,30,34)/t20-,21?,22+,24+/m1/s1. The topological polar surface area (TPSA) is 114 Å². The van der Waals surface area contributed by atoms with E-state index in [1.54, 1.807) is 4.90 Å². The first-order valence-electron chi connectivity index (χ1n) is 13.4. The van der Waals surface area contributed by atoms with Crippen molar-refractivity contribution in [3.8, 4) is 5.75 Å². The van der Waals surface area contributed by atoms with Crippen molar-refractivity contribution >= 4 is 17.5 Å². The second-order valence-corrected chi connectivity index (χ2v) is 10.8. The molecule has 36 heavy (non-hydrogen) atoms. The number of hydrogen-bond donors (Lipinski definition) is 3. The first-order chi connectivity index (χ1) is 17.1. The fraction of sp³-hybridized carbons (Fsp3) is 0.714. The number of rotatable bonds is 15. The van der Waals surface area contributed by atoms with Gasteiger partial charge < -0.3 is 30.5 Å². The maximum atomic E-state index is 13.5. The number of anilines is 1. The summed E-state index contributed by atoms with van der Waals surface area (Å²) < 4.78 is 11.8. The largest absolute Gasteiger partial charge is 0.484 e. The fourth-order valence-electron chi connectivity index (χ4n) is 4.54. The lowest BCUT2D eigenvalue weighted by molar-refractivity contribution is -0.125. The van der Waals surface area contributed by atoms with E-state index < -0.39 is 17.6 Å². The Labute approximate surface area is 216 Å². The second-order valence-electron chi connectivity index (χ2n) is 10.8. The Kier molecular flexibility index (Phi) is 12.1. The molecule has 0 aromatic heterocycles. The predicted octanol–water partition coefficient (Wildman–Crippen LogP) is 3.64. The number of aliphatic hydroxyl groups excluding tert-OH is 1. The number of ether oxygens (including phenoxy) is 2. The second kappa shape index (κ2) is 14.5. The highest BCUT2D eigenvalue weighted by Crippen LogP contribution is 2.36. The molecule has 0 spiro atoms. The molecule has 8 nitrogen and oxygen atoms in total. The van der Waals surface area contributed by atoms with E-state index in [1.165, 1.54) is 0 Å². The molecule has 1 aliphatic rings. The Hall–Kier alpha value is -2.16. The van der Waals surface area contributed by atoms with E-state index in [1.807, 2.05) is 45.0 Å². The number of amides is 2. The molecule has 2 amide bonds. The summed E-state index contributed by atoms with van der Waals surface area (Å²) in [7, 11) is 0. The van der Waals surface area contributed by atoms with Crippen LogP contribution in [0.1, 0.15) is 73.1 Å². The summed E-state index contributed by atoms with van der Waals surface area (Å²) in [5, 5.41) is 13.6. The Bertz CT molecular complexity index is 831. The predicted molar refractivity (Wildman–Crippen MR) is 143 cm³/mol. The fourth-order valence-corrected chi connectivity index (χ4v) is 4.54. The van der Waals surface area contributed by atoms with Gasteiger partial charge in [-0.2, -0.15) is 0 Å². The van der Waals surface area contributed by atoms with Crippen LogP contribution in [0.2, 0.25) is 0 Å². The van der Waals surface area contributed by atoms with Crippen molar-refractivity contribution in [3.63, 3.8) is 0 Å². The summed E-state index contributed by atoms with van der Waals surface area (Å²) >= 11 is 0. The van der Waals surface area contributed by atoms with Crippen LogP contribution in [-0.4, -0.2) is 61.5 Å². The average Bonchev–Trinajstić information content (AvgIpc) is 2.83. The summed E-state index contributed by atoms with van der Waals surface area (Å²) in [6.07, 6.45) is 2.84. The lowest BCUT2D eigenvalue weighted by Gasteiger charge is -2.37. The van der Waals surface area contributed by atoms with Crippen LogP contribution in [0.5, 0.6) is 5.75 Å². The van der Waals surface area contributed by atoms with Gasteiger partial charge in [0.2, 0.25) is 11.8 Å². The van der Waals surface area contributed by atoms with Gasteiger partial charge in [0.25, 0.3) is 0 Å². The molecular formula is C28H47N3O5. The number of para-hydroxylation sites is 2. The zero-order valence-electron chi connectivity index (χ0n) is 22.8. The van der Waals surface area contributed by atoms with E-state index in [-0.39, 0.29) is 30.3 Å². The minimum Gasteiger partial charge on any atom is -0.484 e. The van der Waals surface area contributed by atoms with E-state index in [9.17, 15) is 14.7 Å². The summed E-state index contributed by atoms with van der Waals surface area (Å²) in [6, 6.07) is 7.02. The summed E-state index contributed by atoms with van der Waals surface area (Å²) in [4.78, 5) is 27.5. The van der Waals surface area contributed by atoms with Gasteiger partial charge in [-0.15, -0.1) is 0 Å². The molecule has 204 valence electrons. The van der Waals surface area contributed by atoms with Crippen molar-refractivity contribution in [2.45, 2.75) is 91.4 Å². The number of nitrogens with two attached hydrogens (primary N) is 1. The van der Waals surface area contributed by atoms with Gasteiger partial charge in [-0.1, -0.05) is 53.2 Å². The van der Waals surface area contributed by atoms with Crippen molar-refractivity contribution in [2.24, 2.45) is 17.1 Å². The van der Waals surface area contributed by atoms with Crippen LogP contribution in [0, 0.1) is 11.3 Å². The van der Waals surface area contributed by atoms with Crippen molar-refractivity contribution in [1.29, 1.82) is 0 Å². The third kappa shape index (κ3) is 9.37. The summed E-state index contributed by atoms with van der Waals surface area (Å²) in [5.41, 5.74) is 6.67. The number of fused-ring (bicyclic) bond motifs is 1. The van der Waals surface area contributed by atoms with Crippen LogP contribution in [0.3, 0.4) is 0 Å². The smallest absolute Gasteiger partial charge is 0.227 e. The van der Waals surface area contributed by atoms with Crippen molar-refractivity contribution < 1.29 is 24.2 Å². The Morgan fingerprint density at radius 2 is 2.00 bits per heavy atom. The molecule has 0 saturated carbocycles. The SMILES string of the molecule is CCCCNC(=O)[C@H](C)C[C@H](O)[C@@H](N)CC(C)(C)CC(=O)N1CC(COCCC)Oc2ccccc21. The minimum absolute atomic E-state index is 0.0124. The highest BCUT2D eigenvalue weighted by Gasteiger charge is 2.35. The molecule has 2 rings (SSSR count). The van der Waals surface area contributed by atoms with E-state index >= 15 is 0 Å². The molecule has 1 aliphatic heterocycles. The maximum absolute atomic E-state index is 13.5. The van der Waals surface area contributed by atoms with Crippen molar-refractivity contribution in [3.05, 3.63) is 24.3 Å². The van der Waals surface area contributed by atoms with E-state index in [4.69, 9.17) is 15.2 Å². The van der Waals surface area contributed by atoms with Crippen LogP contribution in [-0.2, 0) is 14.3 Å². The Morgan fingerprint density at radius 1 is 1.28 bits per heavy atom. The van der Waals surface area contributed by atoms with Crippen molar-refractivity contribution in [1.82, 2.24) is 5.32 Å². The van der Waals surface area contributed by atoms with Crippen LogP contribution in [0.25, 0.3) is 0 Å². The monoisotopic (exact) mass is 505 g/mol. The Balaban J connectivity index is 1.96. The third-order valence-corrected chi connectivity index (χ3v) is 6.57. The minimum atomic E-state index is -0.824. The number of carbonyl (C=O) groups excluding carboxylic acids is 2. The van der Waals surface area contributed by atoms with Gasteiger partial charge in [0.1, 0.15) is 11.9 Å². The number of nitrogens with zero attached hydrogens (tertiary/aromatic N) is 1. The molecule has 8 heteroatoms. The zero-order chi connectivity index (χ0) is 26.7. The maximum Gasteiger partial charge on any atom is 0.227 e. The van der Waals surface area contributed by atoms with Gasteiger partial charge in [-0.25, -0.2) is 0 Å². The lowest BCUT2D eigenvalue weighted by Crippen LogP contribution is -2.47. The molecule has 4 atom stereocenters. The highest BCUT2D eigenvalue weighted by molar-refractivity contribution is 5.95. The van der Waals surface area contributed by atoms with Gasteiger partial charge in [-0.05, 0) is 43.2 Å². The van der Waals surface area contributed by atoms with Gasteiger partial charge in [-0.3, -0.25) is 9.59 Å². The first-order valence-corrected chi connectivity index (χ1v) is 13.4. The molecule has 1 aromatic rings. The quantitative estimate of drug-likeness (QED) is 0.314. The highest BCUT2D eigenvalue weighted by atomic mass is 16.5. The first kappa shape index (κ1) is 30.1. The summed E-state index contributed by atoms with van der Waals surface area (Å²) in [5.74, 6) is 0.275. The van der Waals surface area contributed by atoms with Crippen LogP contribution in [0.15, 0.2) is 24.3 Å². The van der Waals surface area contributed by atoms with Crippen LogP contribution >= 0.6 is 0 Å². The molecule has 0 radical (unpaired) electrons. The molecule has 0 bridgehead atoms. The van der Waals surface area contributed by atoms with Crippen LogP contribution < -0.4 is 20.7 Å². The number of carbonyl (C=O) groups is 2. The van der Waals surface area contributed by atoms with Gasteiger partial charge in [0.05, 0.1) is 24.9 Å². The number of nitrogens with one attached hydrogen (secondary N) is 1. The average molecular weight is 506 g/mol. The molecular weight excluding hydrogens is 458 g/mol. The molecule has 0 saturated heterocycles. The van der Waals surface area contributed by atoms with Crippen LogP contribution in [0.4, 0.5) is 5.69 Å². The van der Waals surface area contributed by atoms with E-state index in [0.29, 0.717) is 44.9 Å². The lowest BCUT2D eigenvalue weighted by atomic mass is 9.80. The zero-order valence-corrected chi connectivity index (χ0v) is 22.8. The molecule has 1 unspecified atom stereocenters. The van der Waals surface area contributed by atoms with E-state index in [2.05, 4.69) is 19.2 Å². The molecule has 0 fully saturated rings. The molecule has 0 aliphatic carbocycles.